The van der Waals surface area contributed by atoms with Crippen LogP contribution in [-0.2, 0) is 62.1 Å². The number of nitrogens with one attached hydrogen (secondary N) is 3. The number of carbonyl (C=O) groups excluding carboxylic acids is 7. The van der Waals surface area contributed by atoms with Crippen LogP contribution in [0.15, 0.2) is 0 Å². The van der Waals surface area contributed by atoms with Gasteiger partial charge in [0.25, 0.3) is 0 Å². The number of ether oxygens (including phenoxy) is 4. The number of aliphatic carboxylic acids is 2. The lowest BCUT2D eigenvalue weighted by Gasteiger charge is -2.16. The topological polar surface area (TPSA) is 287 Å². The summed E-state index contributed by atoms with van der Waals surface area (Å²) in [5, 5.41) is 35.3. The number of Topliss-reactive ketones (excluding diaryl/α,β-unsaturated/α-hetero) is 4. The van der Waals surface area contributed by atoms with Gasteiger partial charge in [-0.1, -0.05) is 45.4 Å². The van der Waals surface area contributed by atoms with Gasteiger partial charge in [0.1, 0.15) is 36.6 Å². The molecule has 0 heterocycles. The minimum absolute atomic E-state index is 0.00138. The van der Waals surface area contributed by atoms with Crippen molar-refractivity contribution in [2.75, 3.05) is 84.1 Å². The highest BCUT2D eigenvalue weighted by atomic mass is 32.2. The van der Waals surface area contributed by atoms with Crippen molar-refractivity contribution < 1.29 is 77.4 Å². The quantitative estimate of drug-likeness (QED) is 0.0478. The third kappa shape index (κ3) is 38.0. The van der Waals surface area contributed by atoms with Gasteiger partial charge >= 0.3 is 11.9 Å². The minimum atomic E-state index is -1.19. The molecule has 0 aliphatic rings. The molecule has 19 nitrogen and oxygen atoms in total. The highest BCUT2D eigenvalue weighted by Crippen LogP contribution is 2.18. The molecule has 0 bridgehead atoms. The summed E-state index contributed by atoms with van der Waals surface area (Å²) in [4.78, 5) is 107. The number of carboxylic acid groups (broad SMARTS) is 2. The smallest absolute Gasteiger partial charge is 0.326 e. The van der Waals surface area contributed by atoms with Crippen molar-refractivity contribution in [3.8, 4) is 0 Å². The molecule has 0 rings (SSSR count). The molecule has 0 aromatic carbocycles. The summed E-state index contributed by atoms with van der Waals surface area (Å²) in [6.07, 6.45) is 9.36. The molecule has 0 radical (unpaired) electrons. The van der Waals surface area contributed by atoms with E-state index in [9.17, 15) is 53.4 Å². The summed E-state index contributed by atoms with van der Waals surface area (Å²) in [5.41, 5.74) is 0. The summed E-state index contributed by atoms with van der Waals surface area (Å²) < 4.78 is 21.5. The summed E-state index contributed by atoms with van der Waals surface area (Å²) in [6, 6.07) is -1.13. The van der Waals surface area contributed by atoms with Gasteiger partial charge in [-0.2, -0.15) is 11.8 Å². The number of carboxylic acids is 2. The van der Waals surface area contributed by atoms with Crippen molar-refractivity contribution >= 4 is 64.6 Å². The third-order valence-corrected chi connectivity index (χ3v) is 11.2. The first-order chi connectivity index (χ1) is 31.2. The van der Waals surface area contributed by atoms with Gasteiger partial charge in [-0.05, 0) is 45.4 Å². The maximum atomic E-state index is 12.5. The second-order valence-corrected chi connectivity index (χ2v) is 16.8. The Labute approximate surface area is 388 Å². The number of aliphatic hydroxyl groups excluding tert-OH is 1. The first-order valence-electron chi connectivity index (χ1n) is 23.0. The molecule has 0 aliphatic carbocycles. The molecule has 0 fully saturated rings. The molecule has 374 valence electrons. The van der Waals surface area contributed by atoms with E-state index in [1.807, 2.05) is 6.92 Å². The Bertz CT molecular complexity index is 1400. The van der Waals surface area contributed by atoms with Crippen LogP contribution in [0.25, 0.3) is 0 Å². The second kappa shape index (κ2) is 41.6. The highest BCUT2D eigenvalue weighted by molar-refractivity contribution is 7.99. The van der Waals surface area contributed by atoms with Crippen LogP contribution < -0.4 is 16.0 Å². The van der Waals surface area contributed by atoms with E-state index in [2.05, 4.69) is 16.0 Å². The van der Waals surface area contributed by atoms with Crippen LogP contribution >= 0.6 is 11.8 Å². The number of amides is 3. The van der Waals surface area contributed by atoms with E-state index in [0.29, 0.717) is 44.4 Å². The molecule has 6 N–H and O–H groups in total. The van der Waals surface area contributed by atoms with Gasteiger partial charge in [0.05, 0.1) is 45.4 Å². The molecular weight excluding hydrogens is 871 g/mol. The lowest BCUT2D eigenvalue weighted by atomic mass is 9.92. The average Bonchev–Trinajstić information content (AvgIpc) is 3.26. The van der Waals surface area contributed by atoms with Crippen LogP contribution in [0.2, 0.25) is 0 Å². The standard InChI is InChI=1S/C45H77N3O16S/c1-3-35(40(53)28-36(29-49)34(2)50)32-65-33-43(56)46-20-12-14-38(52)30-63-26-25-62-23-21-47-42(55)31-64-27-24-61-22-13-15-37(51)18-19-39(45(59)60)48-41(54)16-10-8-6-4-5-7-9-11-17-44(57)58/h35-36,39,49H,3-33H2,1-2H3,(H,46,56)(H,47,55)(H,48,54)(H,57,58)(H,59,60)/t35-,36-,39-/m0/s1. The molecule has 0 aromatic rings. The van der Waals surface area contributed by atoms with Gasteiger partial charge in [-0.25, -0.2) is 4.79 Å². The van der Waals surface area contributed by atoms with Gasteiger partial charge in [-0.3, -0.25) is 38.4 Å². The SMILES string of the molecule is CC[C@@H](CSCC(=O)NCCCC(=O)COCCOCCNC(=O)COCCOCCCC(=O)CC[C@H](NC(=O)CCCCCCCCCCC(=O)O)C(=O)O)C(=O)C[C@@H](CO)C(C)=O. The Kier molecular flexibility index (Phi) is 39.2. The third-order valence-electron chi connectivity index (χ3n) is 10.1. The van der Waals surface area contributed by atoms with Crippen molar-refractivity contribution in [3.05, 3.63) is 0 Å². The van der Waals surface area contributed by atoms with E-state index in [0.717, 1.165) is 38.5 Å². The molecule has 20 heteroatoms. The molecule has 0 unspecified atom stereocenters. The number of unbranched alkanes of at least 4 members (excludes halogenated alkanes) is 7. The Hall–Kier alpha value is -3.82. The van der Waals surface area contributed by atoms with Crippen LogP contribution in [0, 0.1) is 11.8 Å². The highest BCUT2D eigenvalue weighted by Gasteiger charge is 2.24. The number of thioether (sulfide) groups is 1. The molecule has 0 saturated heterocycles. The van der Waals surface area contributed by atoms with E-state index < -0.39 is 23.9 Å². The lowest BCUT2D eigenvalue weighted by molar-refractivity contribution is -0.142. The van der Waals surface area contributed by atoms with E-state index in [-0.39, 0.29) is 163 Å². The van der Waals surface area contributed by atoms with Gasteiger partial charge in [-0.15, -0.1) is 0 Å². The molecule has 0 spiro atoms. The summed E-state index contributed by atoms with van der Waals surface area (Å²) >= 11 is 1.33. The Morgan fingerprint density at radius 2 is 1.15 bits per heavy atom. The molecular formula is C45H77N3O16S. The number of ketones is 4. The summed E-state index contributed by atoms with van der Waals surface area (Å²) in [6.45, 7) is 4.50. The maximum absolute atomic E-state index is 12.5. The second-order valence-electron chi connectivity index (χ2n) is 15.8. The van der Waals surface area contributed by atoms with Crippen LogP contribution in [-0.4, -0.2) is 158 Å². The zero-order chi connectivity index (χ0) is 48.5. The molecule has 0 aromatic heterocycles. The Morgan fingerprint density at radius 3 is 1.77 bits per heavy atom. The largest absolute Gasteiger partial charge is 0.481 e. The predicted molar refractivity (Wildman–Crippen MR) is 242 cm³/mol. The fraction of sp³-hybridized carbons (Fsp3) is 0.800. The average molecular weight is 948 g/mol. The molecule has 65 heavy (non-hydrogen) atoms. The number of hydrogen-bond donors (Lipinski definition) is 6. The lowest BCUT2D eigenvalue weighted by Crippen LogP contribution is -2.41. The fourth-order valence-electron chi connectivity index (χ4n) is 6.17. The van der Waals surface area contributed by atoms with Crippen molar-refractivity contribution in [2.45, 2.75) is 135 Å². The number of hydrogen-bond acceptors (Lipinski definition) is 15. The van der Waals surface area contributed by atoms with Crippen molar-refractivity contribution in [1.82, 2.24) is 16.0 Å². The predicted octanol–water partition coefficient (Wildman–Crippen LogP) is 3.24. The first-order valence-corrected chi connectivity index (χ1v) is 24.2. The van der Waals surface area contributed by atoms with Crippen LogP contribution in [0.5, 0.6) is 0 Å². The normalized spacial score (nSPS) is 12.5. The Balaban J connectivity index is 3.75. The summed E-state index contributed by atoms with van der Waals surface area (Å²) in [5.74, 6) is -3.79. The van der Waals surface area contributed by atoms with E-state index in [4.69, 9.17) is 24.1 Å². The van der Waals surface area contributed by atoms with E-state index in [1.165, 1.54) is 18.7 Å². The van der Waals surface area contributed by atoms with Crippen LogP contribution in [0.3, 0.4) is 0 Å². The van der Waals surface area contributed by atoms with Crippen molar-refractivity contribution in [2.24, 2.45) is 11.8 Å². The number of carbonyl (C=O) groups is 9. The number of rotatable bonds is 47. The molecule has 0 saturated carbocycles. The zero-order valence-electron chi connectivity index (χ0n) is 38.7. The summed E-state index contributed by atoms with van der Waals surface area (Å²) in [7, 11) is 0. The molecule has 3 amide bonds. The van der Waals surface area contributed by atoms with Crippen LogP contribution in [0.4, 0.5) is 0 Å². The number of aliphatic hydroxyl groups is 1. The van der Waals surface area contributed by atoms with Gasteiger partial charge in [0, 0.05) is 75.8 Å². The van der Waals surface area contributed by atoms with Gasteiger partial charge in [0.2, 0.25) is 17.7 Å². The van der Waals surface area contributed by atoms with Crippen LogP contribution in [0.1, 0.15) is 129 Å². The van der Waals surface area contributed by atoms with Crippen molar-refractivity contribution in [1.29, 1.82) is 0 Å². The maximum Gasteiger partial charge on any atom is 0.326 e. The Morgan fingerprint density at radius 1 is 0.569 bits per heavy atom. The zero-order valence-corrected chi connectivity index (χ0v) is 39.5. The first kappa shape index (κ1) is 61.2. The fourth-order valence-corrected chi connectivity index (χ4v) is 7.28. The monoisotopic (exact) mass is 948 g/mol. The van der Waals surface area contributed by atoms with Gasteiger partial charge in [0.15, 0.2) is 5.78 Å². The molecule has 0 aliphatic heterocycles. The van der Waals surface area contributed by atoms with Gasteiger partial charge < -0.3 is 50.2 Å². The minimum Gasteiger partial charge on any atom is -0.481 e. The van der Waals surface area contributed by atoms with E-state index >= 15 is 0 Å². The molecule has 3 atom stereocenters. The van der Waals surface area contributed by atoms with Crippen molar-refractivity contribution in [3.63, 3.8) is 0 Å². The van der Waals surface area contributed by atoms with E-state index in [1.54, 1.807) is 0 Å².